The zero-order chi connectivity index (χ0) is 13.0. The molecule has 3 nitrogen and oxygen atoms in total. The minimum Gasteiger partial charge on any atom is -0.377 e. The number of likely N-dealkylation sites (N-methyl/N-ethyl adjacent to an activating group) is 2. The summed E-state index contributed by atoms with van der Waals surface area (Å²) in [4.78, 5) is 2.53. The van der Waals surface area contributed by atoms with Crippen molar-refractivity contribution in [3.05, 3.63) is 0 Å². The summed E-state index contributed by atoms with van der Waals surface area (Å²) in [5.74, 6) is 0.894. The van der Waals surface area contributed by atoms with Crippen LogP contribution in [0.3, 0.4) is 0 Å². The van der Waals surface area contributed by atoms with E-state index in [-0.39, 0.29) is 0 Å². The molecule has 0 aromatic carbocycles. The van der Waals surface area contributed by atoms with Gasteiger partial charge in [-0.3, -0.25) is 4.90 Å². The molecule has 2 rings (SSSR count). The molecule has 1 heterocycles. The smallest absolute Gasteiger partial charge is 0.0702 e. The van der Waals surface area contributed by atoms with E-state index in [1.807, 2.05) is 0 Å². The second-order valence-electron chi connectivity index (χ2n) is 6.08. The van der Waals surface area contributed by atoms with E-state index in [2.05, 4.69) is 31.1 Å². The van der Waals surface area contributed by atoms with Gasteiger partial charge in [-0.2, -0.15) is 0 Å². The van der Waals surface area contributed by atoms with Gasteiger partial charge in [-0.15, -0.1) is 0 Å². The van der Waals surface area contributed by atoms with Crippen LogP contribution in [0.4, 0.5) is 0 Å². The second-order valence-corrected chi connectivity index (χ2v) is 6.08. The van der Waals surface area contributed by atoms with Gasteiger partial charge in [0, 0.05) is 25.2 Å². The SMILES string of the molecule is CCNC(CN(C)C1CCOC1C)C1CCCC1. The fourth-order valence-corrected chi connectivity index (χ4v) is 3.75. The minimum absolute atomic E-state index is 0.404. The molecule has 1 N–H and O–H groups in total. The van der Waals surface area contributed by atoms with E-state index in [9.17, 15) is 0 Å². The van der Waals surface area contributed by atoms with E-state index in [1.54, 1.807) is 0 Å². The van der Waals surface area contributed by atoms with Gasteiger partial charge in [0.25, 0.3) is 0 Å². The number of nitrogens with one attached hydrogen (secondary N) is 1. The Kier molecular flexibility index (Phi) is 5.46. The van der Waals surface area contributed by atoms with E-state index in [0.29, 0.717) is 18.2 Å². The summed E-state index contributed by atoms with van der Waals surface area (Å²) in [6.07, 6.45) is 7.30. The predicted octanol–water partition coefficient (Wildman–Crippen LogP) is 2.26. The highest BCUT2D eigenvalue weighted by Crippen LogP contribution is 2.29. The summed E-state index contributed by atoms with van der Waals surface area (Å²) < 4.78 is 5.69. The first-order valence-corrected chi connectivity index (χ1v) is 7.77. The number of rotatable bonds is 6. The van der Waals surface area contributed by atoms with E-state index < -0.39 is 0 Å². The van der Waals surface area contributed by atoms with Crippen LogP contribution in [0.2, 0.25) is 0 Å². The molecular formula is C15H30N2O. The molecule has 0 aromatic rings. The van der Waals surface area contributed by atoms with Crippen molar-refractivity contribution in [3.8, 4) is 0 Å². The Hall–Kier alpha value is -0.120. The van der Waals surface area contributed by atoms with Crippen LogP contribution in [-0.2, 0) is 4.74 Å². The lowest BCUT2D eigenvalue weighted by molar-refractivity contribution is 0.0773. The summed E-state index contributed by atoms with van der Waals surface area (Å²) in [5.41, 5.74) is 0. The highest BCUT2D eigenvalue weighted by atomic mass is 16.5. The van der Waals surface area contributed by atoms with Gasteiger partial charge in [0.1, 0.15) is 0 Å². The van der Waals surface area contributed by atoms with Crippen molar-refractivity contribution in [2.75, 3.05) is 26.7 Å². The van der Waals surface area contributed by atoms with Gasteiger partial charge >= 0.3 is 0 Å². The number of hydrogen-bond acceptors (Lipinski definition) is 3. The molecular weight excluding hydrogens is 224 g/mol. The van der Waals surface area contributed by atoms with Crippen LogP contribution in [-0.4, -0.2) is 49.8 Å². The van der Waals surface area contributed by atoms with E-state index >= 15 is 0 Å². The van der Waals surface area contributed by atoms with E-state index in [0.717, 1.165) is 19.1 Å². The zero-order valence-corrected chi connectivity index (χ0v) is 12.3. The third kappa shape index (κ3) is 3.46. The molecule has 3 unspecified atom stereocenters. The minimum atomic E-state index is 0.404. The van der Waals surface area contributed by atoms with Crippen LogP contribution in [0.15, 0.2) is 0 Å². The lowest BCUT2D eigenvalue weighted by Crippen LogP contribution is -2.48. The van der Waals surface area contributed by atoms with Crippen LogP contribution in [0, 0.1) is 5.92 Å². The zero-order valence-electron chi connectivity index (χ0n) is 12.3. The fourth-order valence-electron chi connectivity index (χ4n) is 3.75. The molecule has 2 fully saturated rings. The van der Waals surface area contributed by atoms with Gasteiger partial charge in [0.15, 0.2) is 0 Å². The molecule has 0 spiro atoms. The topological polar surface area (TPSA) is 24.5 Å². The summed E-state index contributed by atoms with van der Waals surface area (Å²) in [5, 5.41) is 3.71. The molecule has 1 aliphatic carbocycles. The number of nitrogens with zero attached hydrogens (tertiary/aromatic N) is 1. The lowest BCUT2D eigenvalue weighted by atomic mass is 9.96. The Labute approximate surface area is 112 Å². The maximum atomic E-state index is 5.69. The molecule has 3 atom stereocenters. The predicted molar refractivity (Wildman–Crippen MR) is 75.9 cm³/mol. The highest BCUT2D eigenvalue weighted by Gasteiger charge is 2.31. The van der Waals surface area contributed by atoms with Gasteiger partial charge in [-0.1, -0.05) is 19.8 Å². The Morgan fingerprint density at radius 2 is 2.00 bits per heavy atom. The second kappa shape index (κ2) is 6.88. The fraction of sp³-hybridized carbons (Fsp3) is 1.00. The monoisotopic (exact) mass is 254 g/mol. The summed E-state index contributed by atoms with van der Waals surface area (Å²) in [6, 6.07) is 1.29. The normalized spacial score (nSPS) is 31.3. The molecule has 0 amide bonds. The quantitative estimate of drug-likeness (QED) is 0.787. The average Bonchev–Trinajstić information content (AvgIpc) is 2.98. The maximum absolute atomic E-state index is 5.69. The molecule has 2 aliphatic rings. The number of ether oxygens (including phenoxy) is 1. The average molecular weight is 254 g/mol. The maximum Gasteiger partial charge on any atom is 0.0702 e. The first-order valence-electron chi connectivity index (χ1n) is 7.77. The molecule has 18 heavy (non-hydrogen) atoms. The van der Waals surface area contributed by atoms with Gasteiger partial charge in [0.05, 0.1) is 6.10 Å². The molecule has 0 radical (unpaired) electrons. The van der Waals surface area contributed by atoms with Crippen LogP contribution >= 0.6 is 0 Å². The largest absolute Gasteiger partial charge is 0.377 e. The van der Waals surface area contributed by atoms with E-state index in [4.69, 9.17) is 4.74 Å². The van der Waals surface area contributed by atoms with Crippen LogP contribution in [0.1, 0.15) is 46.0 Å². The first kappa shape index (κ1) is 14.3. The molecule has 0 aromatic heterocycles. The van der Waals surface area contributed by atoms with Crippen molar-refractivity contribution in [1.82, 2.24) is 10.2 Å². The first-order chi connectivity index (χ1) is 8.72. The third-order valence-electron chi connectivity index (χ3n) is 4.82. The molecule has 0 bridgehead atoms. The van der Waals surface area contributed by atoms with Crippen molar-refractivity contribution >= 4 is 0 Å². The van der Waals surface area contributed by atoms with Crippen molar-refractivity contribution in [2.45, 2.75) is 64.1 Å². The highest BCUT2D eigenvalue weighted by molar-refractivity contribution is 4.87. The molecule has 3 heteroatoms. The Balaban J connectivity index is 1.86. The molecule has 1 aliphatic heterocycles. The summed E-state index contributed by atoms with van der Waals surface area (Å²) in [6.45, 7) is 7.64. The number of hydrogen-bond donors (Lipinski definition) is 1. The Morgan fingerprint density at radius 3 is 2.56 bits per heavy atom. The van der Waals surface area contributed by atoms with Gasteiger partial charge in [-0.25, -0.2) is 0 Å². The Bertz CT molecular complexity index is 241. The molecule has 1 saturated carbocycles. The molecule has 1 saturated heterocycles. The van der Waals surface area contributed by atoms with Gasteiger partial charge in [-0.05, 0) is 45.7 Å². The van der Waals surface area contributed by atoms with Crippen LogP contribution in [0.25, 0.3) is 0 Å². The summed E-state index contributed by atoms with van der Waals surface area (Å²) >= 11 is 0. The summed E-state index contributed by atoms with van der Waals surface area (Å²) in [7, 11) is 2.27. The lowest BCUT2D eigenvalue weighted by Gasteiger charge is -2.33. The third-order valence-corrected chi connectivity index (χ3v) is 4.82. The van der Waals surface area contributed by atoms with Crippen molar-refractivity contribution in [1.29, 1.82) is 0 Å². The van der Waals surface area contributed by atoms with Gasteiger partial charge < -0.3 is 10.1 Å². The van der Waals surface area contributed by atoms with Crippen molar-refractivity contribution in [3.63, 3.8) is 0 Å². The van der Waals surface area contributed by atoms with Crippen molar-refractivity contribution < 1.29 is 4.74 Å². The van der Waals surface area contributed by atoms with Crippen molar-refractivity contribution in [2.24, 2.45) is 5.92 Å². The van der Waals surface area contributed by atoms with Crippen LogP contribution in [0.5, 0.6) is 0 Å². The molecule has 106 valence electrons. The van der Waals surface area contributed by atoms with Crippen LogP contribution < -0.4 is 5.32 Å². The van der Waals surface area contributed by atoms with E-state index in [1.165, 1.54) is 38.6 Å². The standard InChI is InChI=1S/C15H30N2O/c1-4-16-14(13-7-5-6-8-13)11-17(3)15-9-10-18-12(15)2/h12-16H,4-11H2,1-3H3. The Morgan fingerprint density at radius 1 is 1.28 bits per heavy atom. The van der Waals surface area contributed by atoms with Gasteiger partial charge in [0.2, 0.25) is 0 Å².